The van der Waals surface area contributed by atoms with Crippen LogP contribution in [0.15, 0.2) is 121 Å². The monoisotopic (exact) mass is 1030 g/mol. The largest absolute Gasteiger partial charge is 0.340 e. The van der Waals surface area contributed by atoms with Crippen LogP contribution in [0.3, 0.4) is 0 Å². The molecule has 13 aliphatic heterocycles. The first-order valence-electron chi connectivity index (χ1n) is 25.1. The Bertz CT molecular complexity index is 3010. The number of amides is 16. The molecule has 0 unspecified atom stereocenters. The van der Waals surface area contributed by atoms with E-state index in [1.807, 2.05) is 121 Å². The Morgan fingerprint density at radius 2 is 0.461 bits per heavy atom. The molecule has 0 aromatic heterocycles. The molecule has 17 rings (SSSR count). The molecule has 0 aliphatic carbocycles. The number of benzene rings is 4. The van der Waals surface area contributed by atoms with E-state index in [-0.39, 0.29) is 26.9 Å². The molecule has 0 radical (unpaired) electrons. The van der Waals surface area contributed by atoms with Gasteiger partial charge in [0.1, 0.15) is 66.9 Å². The Kier molecular flexibility index (Phi) is 7.59. The van der Waals surface area contributed by atoms with Crippen LogP contribution in [0.25, 0.3) is 0 Å². The van der Waals surface area contributed by atoms with Crippen molar-refractivity contribution >= 4 is 48.2 Å². The lowest BCUT2D eigenvalue weighted by Crippen LogP contribution is -2.69. The third kappa shape index (κ3) is 4.15. The molecule has 13 fully saturated rings. The summed E-state index contributed by atoms with van der Waals surface area (Å²) in [6.45, 7) is -3.22. The first kappa shape index (κ1) is 42.3. The SMILES string of the molecule is O=C1N2CN3C(=O)N4CN5C(=O)N6COCN7C(=O)N(CN8C(=O)N(CN9C(=O)N%10CN%11C(=O)N%12COCN%13C(=O)N(CN1C%10C29)C%11(c1ccccc1)C%13%12c1ccccc1)C3C48)C5(c1ccccc1)C67c1ccccc1. The molecular weight excluding hydrogens is 985 g/mol. The van der Waals surface area contributed by atoms with Crippen LogP contribution in [0, 0.1) is 0 Å². The van der Waals surface area contributed by atoms with Crippen LogP contribution in [0.5, 0.6) is 0 Å². The summed E-state index contributed by atoms with van der Waals surface area (Å²) >= 11 is 0. The van der Waals surface area contributed by atoms with E-state index in [0.29, 0.717) is 22.3 Å². The maximum absolute atomic E-state index is 15.7. The van der Waals surface area contributed by atoms with Crippen molar-refractivity contribution in [1.82, 2.24) is 78.4 Å². The summed E-state index contributed by atoms with van der Waals surface area (Å²) in [5.74, 6) is 0. The standard InChI is InChI=1S/C50H44N16O10/c67-39-51-21-53-36-38-57(41(53)69)25-61-45(73)65-29-76-30-66-46(74)62(48(61,32-15-7-2-8-16-32)50(65,66)34-19-11-4-12-20-34)26-58(38)42(70)54(36)22-52-35(51)37-55(39)23-59-43(71)63-27-75-28-64-44(72)60(24-56(37)40(52)68)47(59,31-13-5-1-6-14-31)49(63,64)33-17-9-3-10-18-33/h1-20,35-38H,21-30H2. The zero-order valence-electron chi connectivity index (χ0n) is 40.2. The van der Waals surface area contributed by atoms with E-state index in [1.165, 1.54) is 78.4 Å². The molecule has 13 heterocycles. The van der Waals surface area contributed by atoms with Gasteiger partial charge in [0.05, 0.1) is 0 Å². The average molecular weight is 1030 g/mol. The fourth-order valence-electron chi connectivity index (χ4n) is 15.8. The highest BCUT2D eigenvalue weighted by atomic mass is 16.5. The normalized spacial score (nSPS) is 34.2. The molecule has 26 heteroatoms. The number of carbonyl (C=O) groups excluding carboxylic acids is 8. The molecule has 26 nitrogen and oxygen atoms in total. The van der Waals surface area contributed by atoms with E-state index in [0.717, 1.165) is 0 Å². The number of ether oxygens (including phenoxy) is 2. The first-order valence-corrected chi connectivity index (χ1v) is 25.1. The Labute approximate surface area is 431 Å². The van der Waals surface area contributed by atoms with Crippen molar-refractivity contribution in [3.8, 4) is 0 Å². The van der Waals surface area contributed by atoms with E-state index >= 15 is 38.4 Å². The zero-order valence-corrected chi connectivity index (χ0v) is 40.2. The summed E-state index contributed by atoms with van der Waals surface area (Å²) in [7, 11) is 0. The fraction of sp³-hybridized carbons (Fsp3) is 0.360. The Morgan fingerprint density at radius 3 is 0.684 bits per heavy atom. The van der Waals surface area contributed by atoms with Gasteiger partial charge in [-0.15, -0.1) is 0 Å². The number of nitrogens with zero attached hydrogens (tertiary/aromatic N) is 16. The highest BCUT2D eigenvalue weighted by Crippen LogP contribution is 2.66. The van der Waals surface area contributed by atoms with Gasteiger partial charge in [0, 0.05) is 22.3 Å². The van der Waals surface area contributed by atoms with Crippen molar-refractivity contribution < 1.29 is 47.8 Å². The van der Waals surface area contributed by atoms with Crippen LogP contribution in [0.2, 0.25) is 0 Å². The minimum atomic E-state index is -1.69. The molecule has 0 atom stereocenters. The molecular formula is C50H44N16O10. The number of hydrogen-bond donors (Lipinski definition) is 0. The van der Waals surface area contributed by atoms with Crippen LogP contribution in [0.1, 0.15) is 22.3 Å². The minimum absolute atomic E-state index is 0.186. The van der Waals surface area contributed by atoms with Gasteiger partial charge < -0.3 is 9.47 Å². The minimum Gasteiger partial charge on any atom is -0.340 e. The van der Waals surface area contributed by atoms with Gasteiger partial charge in [0.15, 0.2) is 47.3 Å². The van der Waals surface area contributed by atoms with E-state index < -0.39 is 136 Å². The van der Waals surface area contributed by atoms with E-state index in [4.69, 9.17) is 9.47 Å². The Balaban J connectivity index is 0.809. The van der Waals surface area contributed by atoms with Crippen LogP contribution < -0.4 is 0 Å². The highest BCUT2D eigenvalue weighted by molar-refractivity contribution is 5.95. The summed E-state index contributed by atoms with van der Waals surface area (Å²) in [5.41, 5.74) is -4.19. The summed E-state index contributed by atoms with van der Waals surface area (Å²) in [6.07, 6.45) is -4.50. The molecule has 0 saturated carbocycles. The number of carbonyl (C=O) groups is 8. The van der Waals surface area contributed by atoms with Crippen LogP contribution >= 0.6 is 0 Å². The molecule has 4 aromatic carbocycles. The van der Waals surface area contributed by atoms with Crippen LogP contribution in [0.4, 0.5) is 38.4 Å². The van der Waals surface area contributed by atoms with E-state index in [9.17, 15) is 0 Å². The van der Waals surface area contributed by atoms with Gasteiger partial charge >= 0.3 is 48.2 Å². The molecule has 76 heavy (non-hydrogen) atoms. The third-order valence-corrected chi connectivity index (χ3v) is 18.4. The molecule has 0 bridgehead atoms. The molecule has 384 valence electrons. The highest BCUT2D eigenvalue weighted by Gasteiger charge is 2.85. The zero-order chi connectivity index (χ0) is 51.1. The number of urea groups is 8. The van der Waals surface area contributed by atoms with Gasteiger partial charge in [-0.25, -0.2) is 38.4 Å². The second-order valence-electron chi connectivity index (χ2n) is 21.0. The van der Waals surface area contributed by atoms with Gasteiger partial charge in [-0.2, -0.15) is 0 Å². The van der Waals surface area contributed by atoms with Crippen LogP contribution in [-0.4, -0.2) is 218 Å². The topological polar surface area (TPSA) is 207 Å². The summed E-state index contributed by atoms with van der Waals surface area (Å²) in [6, 6.07) is 32.1. The fourth-order valence-corrected chi connectivity index (χ4v) is 15.8. The van der Waals surface area contributed by atoms with Crippen molar-refractivity contribution in [2.75, 3.05) is 66.9 Å². The van der Waals surface area contributed by atoms with Crippen molar-refractivity contribution in [2.24, 2.45) is 0 Å². The number of hydrogen-bond acceptors (Lipinski definition) is 10. The lowest BCUT2D eigenvalue weighted by molar-refractivity contribution is -0.185. The molecule has 13 aliphatic rings. The predicted molar refractivity (Wildman–Crippen MR) is 251 cm³/mol. The quantitative estimate of drug-likeness (QED) is 0.292. The molecule has 13 saturated heterocycles. The van der Waals surface area contributed by atoms with E-state index in [1.54, 1.807) is 0 Å². The summed E-state index contributed by atoms with van der Waals surface area (Å²) in [5, 5.41) is 0. The maximum Gasteiger partial charge on any atom is 0.327 e. The van der Waals surface area contributed by atoms with Gasteiger partial charge in [0.2, 0.25) is 0 Å². The molecule has 4 aromatic rings. The Hall–Kier alpha value is -9.04. The molecule has 0 spiro atoms. The van der Waals surface area contributed by atoms with Crippen molar-refractivity contribution in [2.45, 2.75) is 47.3 Å². The molecule has 0 N–H and O–H groups in total. The van der Waals surface area contributed by atoms with Gasteiger partial charge in [-0.1, -0.05) is 121 Å². The van der Waals surface area contributed by atoms with E-state index in [2.05, 4.69) is 0 Å². The predicted octanol–water partition coefficient (Wildman–Crippen LogP) is 2.28. The summed E-state index contributed by atoms with van der Waals surface area (Å²) < 4.78 is 12.0. The number of rotatable bonds is 4. The van der Waals surface area contributed by atoms with Gasteiger partial charge in [0.25, 0.3) is 0 Å². The first-order chi connectivity index (χ1) is 37.0. The smallest absolute Gasteiger partial charge is 0.327 e. The maximum atomic E-state index is 15.7. The van der Waals surface area contributed by atoms with Crippen molar-refractivity contribution in [3.05, 3.63) is 144 Å². The van der Waals surface area contributed by atoms with Crippen molar-refractivity contribution in [3.63, 3.8) is 0 Å². The van der Waals surface area contributed by atoms with Crippen molar-refractivity contribution in [1.29, 1.82) is 0 Å². The second-order valence-corrected chi connectivity index (χ2v) is 21.0. The van der Waals surface area contributed by atoms with Gasteiger partial charge in [-0.3, -0.25) is 78.4 Å². The summed E-state index contributed by atoms with van der Waals surface area (Å²) in [4.78, 5) is 148. The Morgan fingerprint density at radius 1 is 0.263 bits per heavy atom. The lowest BCUT2D eigenvalue weighted by atomic mass is 9.79. The average Bonchev–Trinajstić information content (AvgIpc) is 3.69. The second kappa shape index (κ2) is 13.6. The third-order valence-electron chi connectivity index (χ3n) is 18.4. The lowest BCUT2D eigenvalue weighted by Gasteiger charge is -2.53. The van der Waals surface area contributed by atoms with Crippen LogP contribution in [-0.2, 0) is 32.1 Å². The van der Waals surface area contributed by atoms with Gasteiger partial charge in [-0.05, 0) is 0 Å². The molecule has 16 amide bonds.